The third-order valence-corrected chi connectivity index (χ3v) is 4.76. The first kappa shape index (κ1) is 15.5. The molecule has 1 aliphatic carbocycles. The summed E-state index contributed by atoms with van der Waals surface area (Å²) in [5, 5.41) is 4.59. The van der Waals surface area contributed by atoms with E-state index >= 15 is 0 Å². The van der Waals surface area contributed by atoms with Crippen LogP contribution in [0.2, 0.25) is 5.02 Å². The van der Waals surface area contributed by atoms with Gasteiger partial charge in [0.05, 0.1) is 16.4 Å². The Morgan fingerprint density at radius 2 is 1.90 bits per heavy atom. The van der Waals surface area contributed by atoms with Crippen LogP contribution in [0.5, 0.6) is 0 Å². The van der Waals surface area contributed by atoms with Crippen molar-refractivity contribution in [3.8, 4) is 0 Å². The van der Waals surface area contributed by atoms with E-state index in [0.717, 1.165) is 22.5 Å². The van der Waals surface area contributed by atoms with Gasteiger partial charge in [-0.3, -0.25) is 0 Å². The fourth-order valence-corrected chi connectivity index (χ4v) is 3.77. The first-order valence-electron chi connectivity index (χ1n) is 7.73. The Morgan fingerprint density at radius 1 is 1.20 bits per heavy atom. The van der Waals surface area contributed by atoms with E-state index < -0.39 is 0 Å². The molecule has 0 aromatic heterocycles. The maximum Gasteiger partial charge on any atom is 0.0786 e. The van der Waals surface area contributed by atoms with Crippen LogP contribution in [0.4, 0.5) is 11.4 Å². The van der Waals surface area contributed by atoms with Crippen molar-refractivity contribution in [2.75, 3.05) is 24.3 Å². The summed E-state index contributed by atoms with van der Waals surface area (Å²) < 4.78 is 0. The molecule has 1 saturated carbocycles. The average Bonchev–Trinajstić information content (AvgIpc) is 2.38. The third-order valence-electron chi connectivity index (χ3n) is 4.45. The lowest BCUT2D eigenvalue weighted by Gasteiger charge is -2.36. The molecule has 2 unspecified atom stereocenters. The Labute approximate surface area is 128 Å². The number of nitrogens with one attached hydrogen (secondary N) is 1. The number of hydrogen-bond acceptors (Lipinski definition) is 2. The van der Waals surface area contributed by atoms with Gasteiger partial charge in [-0.2, -0.15) is 0 Å². The lowest BCUT2D eigenvalue weighted by atomic mass is 9.77. The van der Waals surface area contributed by atoms with Crippen molar-refractivity contribution in [1.82, 2.24) is 0 Å². The minimum absolute atomic E-state index is 0.570. The topological polar surface area (TPSA) is 15.3 Å². The molecule has 1 fully saturated rings. The standard InChI is InChI=1S/C17H27ClN2/c1-12(2)13-8-5-6-10-15(13)19-16-11-7-9-14(18)17(16)20(3)4/h7,9,11-13,15,19H,5-6,8,10H2,1-4H3. The number of halogens is 1. The lowest BCUT2D eigenvalue weighted by Crippen LogP contribution is -2.35. The van der Waals surface area contributed by atoms with Gasteiger partial charge in [0, 0.05) is 20.1 Å². The number of para-hydroxylation sites is 1. The molecule has 0 aliphatic heterocycles. The Kier molecular flexibility index (Phi) is 5.20. The van der Waals surface area contributed by atoms with E-state index in [1.165, 1.54) is 31.4 Å². The summed E-state index contributed by atoms with van der Waals surface area (Å²) in [5.74, 6) is 1.49. The normalized spacial score (nSPS) is 22.9. The van der Waals surface area contributed by atoms with Gasteiger partial charge in [0.1, 0.15) is 0 Å². The Balaban J connectivity index is 2.22. The van der Waals surface area contributed by atoms with Gasteiger partial charge in [-0.05, 0) is 36.8 Å². The molecule has 112 valence electrons. The summed E-state index contributed by atoms with van der Waals surface area (Å²) in [6.45, 7) is 4.69. The third kappa shape index (κ3) is 3.41. The fourth-order valence-electron chi connectivity index (χ4n) is 3.42. The van der Waals surface area contributed by atoms with Gasteiger partial charge in [0.25, 0.3) is 0 Å². The van der Waals surface area contributed by atoms with E-state index in [0.29, 0.717) is 6.04 Å². The molecule has 3 heteroatoms. The van der Waals surface area contributed by atoms with Crippen molar-refractivity contribution in [3.63, 3.8) is 0 Å². The second-order valence-electron chi connectivity index (χ2n) is 6.47. The fraction of sp³-hybridized carbons (Fsp3) is 0.647. The smallest absolute Gasteiger partial charge is 0.0786 e. The quantitative estimate of drug-likeness (QED) is 0.837. The maximum absolute atomic E-state index is 6.36. The second kappa shape index (κ2) is 6.71. The van der Waals surface area contributed by atoms with Crippen molar-refractivity contribution in [2.45, 2.75) is 45.6 Å². The lowest BCUT2D eigenvalue weighted by molar-refractivity contribution is 0.254. The number of nitrogens with zero attached hydrogens (tertiary/aromatic N) is 1. The van der Waals surface area contributed by atoms with Gasteiger partial charge in [0.2, 0.25) is 0 Å². The molecule has 2 rings (SSSR count). The van der Waals surface area contributed by atoms with Crippen LogP contribution >= 0.6 is 11.6 Å². The molecule has 0 saturated heterocycles. The van der Waals surface area contributed by atoms with Gasteiger partial charge < -0.3 is 10.2 Å². The molecule has 0 radical (unpaired) electrons. The van der Waals surface area contributed by atoms with Crippen LogP contribution in [0.3, 0.4) is 0 Å². The maximum atomic E-state index is 6.36. The minimum Gasteiger partial charge on any atom is -0.380 e. The summed E-state index contributed by atoms with van der Waals surface area (Å²) in [6.07, 6.45) is 5.31. The van der Waals surface area contributed by atoms with Crippen LogP contribution in [0.1, 0.15) is 39.5 Å². The Bertz CT molecular complexity index is 443. The summed E-state index contributed by atoms with van der Waals surface area (Å²) in [4.78, 5) is 2.10. The molecule has 20 heavy (non-hydrogen) atoms. The van der Waals surface area contributed by atoms with Gasteiger partial charge in [0.15, 0.2) is 0 Å². The summed E-state index contributed by atoms with van der Waals surface area (Å²) in [7, 11) is 4.10. The highest BCUT2D eigenvalue weighted by atomic mass is 35.5. The van der Waals surface area contributed by atoms with Crippen molar-refractivity contribution >= 4 is 23.0 Å². The number of benzene rings is 1. The zero-order chi connectivity index (χ0) is 14.7. The molecular formula is C17H27ClN2. The molecule has 2 atom stereocenters. The monoisotopic (exact) mass is 294 g/mol. The first-order valence-corrected chi connectivity index (χ1v) is 8.11. The molecule has 0 amide bonds. The van der Waals surface area contributed by atoms with Crippen LogP contribution in [0.15, 0.2) is 18.2 Å². The van der Waals surface area contributed by atoms with Crippen LogP contribution in [-0.4, -0.2) is 20.1 Å². The molecule has 1 N–H and O–H groups in total. The SMILES string of the molecule is CC(C)C1CCCCC1Nc1cccc(Cl)c1N(C)C. The summed E-state index contributed by atoms with van der Waals surface area (Å²) >= 11 is 6.36. The van der Waals surface area contributed by atoms with Gasteiger partial charge in [-0.15, -0.1) is 0 Å². The Morgan fingerprint density at radius 3 is 2.55 bits per heavy atom. The van der Waals surface area contributed by atoms with Crippen LogP contribution in [0.25, 0.3) is 0 Å². The van der Waals surface area contributed by atoms with Crippen molar-refractivity contribution in [1.29, 1.82) is 0 Å². The van der Waals surface area contributed by atoms with Crippen LogP contribution in [-0.2, 0) is 0 Å². The highest BCUT2D eigenvalue weighted by Gasteiger charge is 2.28. The molecule has 0 bridgehead atoms. The molecule has 2 nitrogen and oxygen atoms in total. The first-order chi connectivity index (χ1) is 9.50. The molecule has 1 aliphatic rings. The predicted molar refractivity (Wildman–Crippen MR) is 90.0 cm³/mol. The van der Waals surface area contributed by atoms with E-state index in [2.05, 4.69) is 30.1 Å². The van der Waals surface area contributed by atoms with E-state index in [-0.39, 0.29) is 0 Å². The van der Waals surface area contributed by atoms with Crippen molar-refractivity contribution in [2.24, 2.45) is 11.8 Å². The molecule has 1 aromatic carbocycles. The average molecular weight is 295 g/mol. The molecule has 1 aromatic rings. The van der Waals surface area contributed by atoms with Gasteiger partial charge in [-0.25, -0.2) is 0 Å². The summed E-state index contributed by atoms with van der Waals surface area (Å²) in [5.41, 5.74) is 2.27. The Hall–Kier alpha value is -0.890. The zero-order valence-electron chi connectivity index (χ0n) is 13.1. The highest BCUT2D eigenvalue weighted by Crippen LogP contribution is 2.37. The predicted octanol–water partition coefficient (Wildman–Crippen LogP) is 5.03. The molecule has 0 spiro atoms. The molecule has 0 heterocycles. The highest BCUT2D eigenvalue weighted by molar-refractivity contribution is 6.34. The van der Waals surface area contributed by atoms with E-state index in [1.54, 1.807) is 0 Å². The zero-order valence-corrected chi connectivity index (χ0v) is 13.9. The largest absolute Gasteiger partial charge is 0.380 e. The second-order valence-corrected chi connectivity index (χ2v) is 6.88. The van der Waals surface area contributed by atoms with Crippen molar-refractivity contribution in [3.05, 3.63) is 23.2 Å². The number of hydrogen-bond donors (Lipinski definition) is 1. The van der Waals surface area contributed by atoms with Gasteiger partial charge in [-0.1, -0.05) is 44.4 Å². The van der Waals surface area contributed by atoms with E-state index in [9.17, 15) is 0 Å². The van der Waals surface area contributed by atoms with E-state index in [1.807, 2.05) is 26.2 Å². The van der Waals surface area contributed by atoms with E-state index in [4.69, 9.17) is 11.6 Å². The number of rotatable bonds is 4. The van der Waals surface area contributed by atoms with Crippen LogP contribution < -0.4 is 10.2 Å². The van der Waals surface area contributed by atoms with Crippen molar-refractivity contribution < 1.29 is 0 Å². The number of anilines is 2. The van der Waals surface area contributed by atoms with Crippen LogP contribution in [0, 0.1) is 11.8 Å². The summed E-state index contributed by atoms with van der Waals surface area (Å²) in [6, 6.07) is 6.71. The molecular weight excluding hydrogens is 268 g/mol. The van der Waals surface area contributed by atoms with Gasteiger partial charge >= 0.3 is 0 Å². The minimum atomic E-state index is 0.570.